The zero-order chi connectivity index (χ0) is 19.6. The van der Waals surface area contributed by atoms with Crippen molar-refractivity contribution in [3.05, 3.63) is 39.8 Å². The number of sulfonamides is 1. The number of hydrogen-bond acceptors (Lipinski definition) is 6. The first-order valence-corrected chi connectivity index (χ1v) is 10.8. The van der Waals surface area contributed by atoms with Gasteiger partial charge in [-0.25, -0.2) is 18.2 Å². The summed E-state index contributed by atoms with van der Waals surface area (Å²) in [4.78, 5) is 18.1. The maximum absolute atomic E-state index is 12.8. The third kappa shape index (κ3) is 4.40. The molecule has 1 saturated heterocycles. The molecule has 1 aliphatic rings. The lowest BCUT2D eigenvalue weighted by Gasteiger charge is -2.34. The van der Waals surface area contributed by atoms with Gasteiger partial charge < -0.3 is 15.3 Å². The van der Waals surface area contributed by atoms with Gasteiger partial charge in [-0.2, -0.15) is 4.31 Å². The van der Waals surface area contributed by atoms with Gasteiger partial charge in [0.15, 0.2) is 0 Å². The minimum atomic E-state index is -3.80. The van der Waals surface area contributed by atoms with Gasteiger partial charge in [-0.3, -0.25) is 0 Å². The van der Waals surface area contributed by atoms with E-state index in [9.17, 15) is 18.3 Å². The zero-order valence-corrected chi connectivity index (χ0v) is 16.8. The molecule has 2 N–H and O–H groups in total. The number of aryl methyl sites for hydroxylation is 2. The van der Waals surface area contributed by atoms with Crippen molar-refractivity contribution in [1.29, 1.82) is 0 Å². The number of amides is 2. The minimum absolute atomic E-state index is 0.0976. The highest BCUT2D eigenvalue weighted by molar-refractivity contribution is 7.89. The first-order chi connectivity index (χ1) is 12.8. The van der Waals surface area contributed by atoms with Crippen LogP contribution in [-0.2, 0) is 16.6 Å². The van der Waals surface area contributed by atoms with Crippen LogP contribution in [0.5, 0.6) is 5.75 Å². The fraction of sp³-hybridized carbons (Fsp3) is 0.412. The highest BCUT2D eigenvalue weighted by Crippen LogP contribution is 2.27. The molecule has 0 aliphatic carbocycles. The average molecular weight is 411 g/mol. The van der Waals surface area contributed by atoms with E-state index >= 15 is 0 Å². The SMILES string of the molecule is Cc1ccc(O)c(S(=O)(=O)N2CCN(C(=O)NCc3nc(C)cs3)CC2)c1. The Morgan fingerprint density at radius 3 is 2.59 bits per heavy atom. The Kier molecular flexibility index (Phi) is 5.68. The van der Waals surface area contributed by atoms with Crippen molar-refractivity contribution in [3.8, 4) is 5.75 Å². The molecule has 2 amide bonds. The zero-order valence-electron chi connectivity index (χ0n) is 15.2. The maximum atomic E-state index is 12.8. The molecular weight excluding hydrogens is 388 g/mol. The molecule has 0 unspecified atom stereocenters. The largest absolute Gasteiger partial charge is 0.507 e. The molecule has 0 bridgehead atoms. The number of phenols is 1. The van der Waals surface area contributed by atoms with Crippen LogP contribution in [0.4, 0.5) is 4.79 Å². The fourth-order valence-electron chi connectivity index (χ4n) is 2.85. The van der Waals surface area contributed by atoms with E-state index in [1.54, 1.807) is 17.9 Å². The maximum Gasteiger partial charge on any atom is 0.317 e. The van der Waals surface area contributed by atoms with E-state index < -0.39 is 10.0 Å². The molecule has 1 aromatic carbocycles. The number of rotatable bonds is 4. The van der Waals surface area contributed by atoms with Gasteiger partial charge in [0.05, 0.1) is 6.54 Å². The van der Waals surface area contributed by atoms with Gasteiger partial charge in [-0.05, 0) is 31.5 Å². The van der Waals surface area contributed by atoms with E-state index in [1.807, 2.05) is 12.3 Å². The van der Waals surface area contributed by atoms with Crippen molar-refractivity contribution >= 4 is 27.4 Å². The molecular formula is C17H22N4O4S2. The van der Waals surface area contributed by atoms with Crippen molar-refractivity contribution in [2.45, 2.75) is 25.3 Å². The number of urea groups is 1. The first-order valence-electron chi connectivity index (χ1n) is 8.51. The summed E-state index contributed by atoms with van der Waals surface area (Å²) < 4.78 is 26.9. The van der Waals surface area contributed by atoms with E-state index in [4.69, 9.17) is 0 Å². The summed E-state index contributed by atoms with van der Waals surface area (Å²) in [5, 5.41) is 15.5. The Morgan fingerprint density at radius 1 is 1.26 bits per heavy atom. The van der Waals surface area contributed by atoms with Crippen molar-refractivity contribution < 1.29 is 18.3 Å². The van der Waals surface area contributed by atoms with Crippen LogP contribution in [0.1, 0.15) is 16.3 Å². The van der Waals surface area contributed by atoms with Gasteiger partial charge in [0.25, 0.3) is 0 Å². The number of nitrogens with zero attached hydrogens (tertiary/aromatic N) is 3. The second-order valence-corrected chi connectivity index (χ2v) is 9.25. The van der Waals surface area contributed by atoms with Crippen molar-refractivity contribution in [2.75, 3.05) is 26.2 Å². The lowest BCUT2D eigenvalue weighted by Crippen LogP contribution is -2.52. The highest BCUT2D eigenvalue weighted by atomic mass is 32.2. The molecule has 2 heterocycles. The highest BCUT2D eigenvalue weighted by Gasteiger charge is 2.31. The molecule has 1 aliphatic heterocycles. The number of aromatic hydroxyl groups is 1. The summed E-state index contributed by atoms with van der Waals surface area (Å²) in [6, 6.07) is 4.25. The van der Waals surface area contributed by atoms with Crippen LogP contribution < -0.4 is 5.32 Å². The van der Waals surface area contributed by atoms with Gasteiger partial charge in [0, 0.05) is 37.3 Å². The lowest BCUT2D eigenvalue weighted by atomic mass is 10.2. The second kappa shape index (κ2) is 7.83. The Labute approximate surface area is 162 Å². The number of nitrogens with one attached hydrogen (secondary N) is 1. The smallest absolute Gasteiger partial charge is 0.317 e. The molecule has 2 aromatic rings. The third-order valence-corrected chi connectivity index (χ3v) is 7.21. The Balaban J connectivity index is 1.59. The van der Waals surface area contributed by atoms with Crippen LogP contribution >= 0.6 is 11.3 Å². The van der Waals surface area contributed by atoms with E-state index in [0.29, 0.717) is 6.54 Å². The summed E-state index contributed by atoms with van der Waals surface area (Å²) in [7, 11) is -3.80. The standard InChI is InChI=1S/C17H22N4O4S2/c1-12-3-4-14(22)15(9-12)27(24,25)21-7-5-20(6-8-21)17(23)18-10-16-19-13(2)11-26-16/h3-4,9,11,22H,5-8,10H2,1-2H3,(H,18,23). The van der Waals surface area contributed by atoms with Crippen LogP contribution in [0.2, 0.25) is 0 Å². The van der Waals surface area contributed by atoms with Gasteiger partial charge in [-0.1, -0.05) is 6.07 Å². The van der Waals surface area contributed by atoms with Gasteiger partial charge in [0.2, 0.25) is 10.0 Å². The Morgan fingerprint density at radius 2 is 1.96 bits per heavy atom. The monoisotopic (exact) mass is 410 g/mol. The molecule has 146 valence electrons. The first kappa shape index (κ1) is 19.6. The number of piperazine rings is 1. The lowest BCUT2D eigenvalue weighted by molar-refractivity contribution is 0.172. The topological polar surface area (TPSA) is 103 Å². The van der Waals surface area contributed by atoms with Crippen LogP contribution in [0.15, 0.2) is 28.5 Å². The van der Waals surface area contributed by atoms with E-state index in [2.05, 4.69) is 10.3 Å². The van der Waals surface area contributed by atoms with Crippen molar-refractivity contribution in [2.24, 2.45) is 0 Å². The van der Waals surface area contributed by atoms with E-state index in [0.717, 1.165) is 16.3 Å². The Hall–Kier alpha value is -2.17. The van der Waals surface area contributed by atoms with Crippen molar-refractivity contribution in [1.82, 2.24) is 19.5 Å². The number of thiazole rings is 1. The summed E-state index contributed by atoms with van der Waals surface area (Å²) in [6.45, 7) is 4.95. The molecule has 0 atom stereocenters. The number of benzene rings is 1. The summed E-state index contributed by atoms with van der Waals surface area (Å²) in [5.74, 6) is -0.264. The number of aromatic nitrogens is 1. The minimum Gasteiger partial charge on any atom is -0.507 e. The number of carbonyl (C=O) groups is 1. The fourth-order valence-corrected chi connectivity index (χ4v) is 5.15. The molecule has 27 heavy (non-hydrogen) atoms. The molecule has 1 aromatic heterocycles. The number of hydrogen-bond donors (Lipinski definition) is 2. The predicted octanol–water partition coefficient (Wildman–Crippen LogP) is 1.68. The van der Waals surface area contributed by atoms with Crippen LogP contribution in [0, 0.1) is 13.8 Å². The molecule has 0 radical (unpaired) electrons. The van der Waals surface area contributed by atoms with Gasteiger partial charge in [0.1, 0.15) is 15.7 Å². The van der Waals surface area contributed by atoms with Crippen LogP contribution in [0.3, 0.4) is 0 Å². The molecule has 0 saturated carbocycles. The molecule has 8 nitrogen and oxygen atoms in total. The number of carbonyl (C=O) groups excluding carboxylic acids is 1. The van der Waals surface area contributed by atoms with E-state index in [-0.39, 0.29) is 42.9 Å². The predicted molar refractivity (Wildman–Crippen MR) is 102 cm³/mol. The van der Waals surface area contributed by atoms with Crippen LogP contribution in [-0.4, -0.2) is 59.9 Å². The summed E-state index contributed by atoms with van der Waals surface area (Å²) in [5.41, 5.74) is 1.67. The normalized spacial score (nSPS) is 15.7. The van der Waals surface area contributed by atoms with Gasteiger partial charge >= 0.3 is 6.03 Å². The molecule has 1 fully saturated rings. The number of phenolic OH excluding ortho intramolecular Hbond substituents is 1. The van der Waals surface area contributed by atoms with Crippen molar-refractivity contribution in [3.63, 3.8) is 0 Å². The Bertz CT molecular complexity index is 934. The molecule has 0 spiro atoms. The summed E-state index contributed by atoms with van der Waals surface area (Å²) in [6.07, 6.45) is 0. The summed E-state index contributed by atoms with van der Waals surface area (Å²) >= 11 is 1.49. The molecule has 3 rings (SSSR count). The quantitative estimate of drug-likeness (QED) is 0.798. The molecule has 10 heteroatoms. The average Bonchev–Trinajstić information content (AvgIpc) is 3.07. The van der Waals surface area contributed by atoms with Gasteiger partial charge in [-0.15, -0.1) is 11.3 Å². The van der Waals surface area contributed by atoms with E-state index in [1.165, 1.54) is 27.8 Å². The van der Waals surface area contributed by atoms with Crippen LogP contribution in [0.25, 0.3) is 0 Å². The third-order valence-electron chi connectivity index (χ3n) is 4.32. The second-order valence-electron chi connectivity index (χ2n) is 6.40.